The zero-order valence-corrected chi connectivity index (χ0v) is 11.4. The van der Waals surface area contributed by atoms with Crippen LogP contribution in [-0.2, 0) is 6.42 Å². The van der Waals surface area contributed by atoms with Crippen molar-refractivity contribution in [2.45, 2.75) is 26.7 Å². The van der Waals surface area contributed by atoms with Crippen LogP contribution in [0.5, 0.6) is 0 Å². The zero-order chi connectivity index (χ0) is 13.2. The van der Waals surface area contributed by atoms with Crippen LogP contribution in [-0.4, -0.2) is 9.55 Å². The maximum absolute atomic E-state index is 4.78. The normalized spacial score (nSPS) is 11.1. The first-order chi connectivity index (χ1) is 9.31. The van der Waals surface area contributed by atoms with Gasteiger partial charge in [0, 0.05) is 6.42 Å². The van der Waals surface area contributed by atoms with Crippen molar-refractivity contribution >= 4 is 11.0 Å². The third kappa shape index (κ3) is 2.03. The average Bonchev–Trinajstić information content (AvgIpc) is 2.78. The number of hydrogen-bond donors (Lipinski definition) is 0. The Morgan fingerprint density at radius 1 is 1.00 bits per heavy atom. The Labute approximate surface area is 113 Å². The van der Waals surface area contributed by atoms with Crippen molar-refractivity contribution in [2.75, 3.05) is 0 Å². The summed E-state index contributed by atoms with van der Waals surface area (Å²) in [6, 6.07) is 16.9. The third-order valence-electron chi connectivity index (χ3n) is 3.46. The first-order valence-electron chi connectivity index (χ1n) is 6.83. The summed E-state index contributed by atoms with van der Waals surface area (Å²) in [5.41, 5.74) is 4.79. The second-order valence-electron chi connectivity index (χ2n) is 4.89. The molecular formula is C17H18N2. The summed E-state index contributed by atoms with van der Waals surface area (Å²) in [4.78, 5) is 4.78. The molecule has 1 aromatic heterocycles. The van der Waals surface area contributed by atoms with E-state index in [1.165, 1.54) is 16.8 Å². The van der Waals surface area contributed by atoms with Gasteiger partial charge in [-0.1, -0.05) is 37.3 Å². The number of benzene rings is 2. The van der Waals surface area contributed by atoms with Gasteiger partial charge in [-0.15, -0.1) is 0 Å². The van der Waals surface area contributed by atoms with Crippen molar-refractivity contribution in [3.8, 4) is 5.69 Å². The summed E-state index contributed by atoms with van der Waals surface area (Å²) in [6.07, 6.45) is 2.11. The third-order valence-corrected chi connectivity index (χ3v) is 3.46. The summed E-state index contributed by atoms with van der Waals surface area (Å²) in [5.74, 6) is 1.15. The van der Waals surface area contributed by atoms with Crippen LogP contribution in [0, 0.1) is 6.92 Å². The molecular weight excluding hydrogens is 232 g/mol. The predicted octanol–water partition coefficient (Wildman–Crippen LogP) is 4.29. The molecule has 0 aliphatic rings. The molecule has 0 aliphatic heterocycles. The van der Waals surface area contributed by atoms with E-state index in [0.29, 0.717) is 0 Å². The molecule has 2 nitrogen and oxygen atoms in total. The van der Waals surface area contributed by atoms with Gasteiger partial charge in [-0.3, -0.25) is 4.57 Å². The van der Waals surface area contributed by atoms with E-state index < -0.39 is 0 Å². The van der Waals surface area contributed by atoms with Crippen molar-refractivity contribution in [1.82, 2.24) is 9.55 Å². The second kappa shape index (κ2) is 4.88. The van der Waals surface area contributed by atoms with Crippen LogP contribution in [0.4, 0.5) is 0 Å². The molecule has 3 rings (SSSR count). The van der Waals surface area contributed by atoms with Crippen molar-refractivity contribution < 1.29 is 0 Å². The highest BCUT2D eigenvalue weighted by molar-refractivity contribution is 5.78. The molecule has 2 aromatic carbocycles. The average molecular weight is 250 g/mol. The van der Waals surface area contributed by atoms with Crippen molar-refractivity contribution in [3.63, 3.8) is 0 Å². The minimum atomic E-state index is 1.00. The number of aryl methyl sites for hydroxylation is 2. The minimum absolute atomic E-state index is 1.00. The fraction of sp³-hybridized carbons (Fsp3) is 0.235. The SMILES string of the molecule is CCCc1nc2ccccc2n1-c1ccccc1C. The number of fused-ring (bicyclic) bond motifs is 1. The molecule has 1 heterocycles. The van der Waals surface area contributed by atoms with Crippen molar-refractivity contribution in [2.24, 2.45) is 0 Å². The lowest BCUT2D eigenvalue weighted by atomic mass is 10.2. The Hall–Kier alpha value is -2.09. The monoisotopic (exact) mass is 250 g/mol. The van der Waals surface area contributed by atoms with Gasteiger partial charge in [-0.05, 0) is 37.1 Å². The van der Waals surface area contributed by atoms with Crippen LogP contribution in [0.25, 0.3) is 16.7 Å². The maximum atomic E-state index is 4.78. The van der Waals surface area contributed by atoms with Gasteiger partial charge >= 0.3 is 0 Å². The molecule has 19 heavy (non-hydrogen) atoms. The van der Waals surface area contributed by atoms with Crippen LogP contribution in [0.1, 0.15) is 24.7 Å². The number of nitrogens with zero attached hydrogens (tertiary/aromatic N) is 2. The molecule has 0 saturated carbocycles. The molecule has 0 amide bonds. The summed E-state index contributed by atoms with van der Waals surface area (Å²) in [6.45, 7) is 4.35. The van der Waals surface area contributed by atoms with Gasteiger partial charge in [-0.2, -0.15) is 0 Å². The highest BCUT2D eigenvalue weighted by Crippen LogP contribution is 2.24. The topological polar surface area (TPSA) is 17.8 Å². The first kappa shape index (κ1) is 12.0. The molecule has 96 valence electrons. The van der Waals surface area contributed by atoms with E-state index in [9.17, 15) is 0 Å². The number of imidazole rings is 1. The van der Waals surface area contributed by atoms with Crippen LogP contribution in [0.3, 0.4) is 0 Å². The Balaban J connectivity index is 2.31. The number of aromatic nitrogens is 2. The van der Waals surface area contributed by atoms with Crippen LogP contribution >= 0.6 is 0 Å². The van der Waals surface area contributed by atoms with E-state index in [1.807, 2.05) is 6.07 Å². The standard InChI is InChI=1S/C17H18N2/c1-3-8-17-18-14-10-5-7-12-16(14)19(17)15-11-6-4-9-13(15)2/h4-7,9-12H,3,8H2,1-2H3. The van der Waals surface area contributed by atoms with Gasteiger partial charge in [0.1, 0.15) is 5.82 Å². The van der Waals surface area contributed by atoms with Crippen LogP contribution < -0.4 is 0 Å². The molecule has 0 bridgehead atoms. The lowest BCUT2D eigenvalue weighted by Gasteiger charge is -2.11. The van der Waals surface area contributed by atoms with E-state index in [-0.39, 0.29) is 0 Å². The van der Waals surface area contributed by atoms with E-state index in [2.05, 4.69) is 60.9 Å². The van der Waals surface area contributed by atoms with Gasteiger partial charge in [0.15, 0.2) is 0 Å². The maximum Gasteiger partial charge on any atom is 0.114 e. The summed E-state index contributed by atoms with van der Waals surface area (Å²) >= 11 is 0. The van der Waals surface area contributed by atoms with Gasteiger partial charge in [0.2, 0.25) is 0 Å². The number of rotatable bonds is 3. The van der Waals surface area contributed by atoms with E-state index >= 15 is 0 Å². The largest absolute Gasteiger partial charge is 0.296 e. The van der Waals surface area contributed by atoms with E-state index in [4.69, 9.17) is 4.98 Å². The quantitative estimate of drug-likeness (QED) is 0.678. The molecule has 2 heteroatoms. The Morgan fingerprint density at radius 2 is 1.74 bits per heavy atom. The Morgan fingerprint density at radius 3 is 2.53 bits per heavy atom. The predicted molar refractivity (Wildman–Crippen MR) is 79.8 cm³/mol. The summed E-state index contributed by atoms with van der Waals surface area (Å²) in [7, 11) is 0. The zero-order valence-electron chi connectivity index (χ0n) is 11.4. The van der Waals surface area contributed by atoms with Crippen molar-refractivity contribution in [3.05, 3.63) is 59.9 Å². The first-order valence-corrected chi connectivity index (χ1v) is 6.83. The summed E-state index contributed by atoms with van der Waals surface area (Å²) in [5, 5.41) is 0. The smallest absolute Gasteiger partial charge is 0.114 e. The molecule has 0 saturated heterocycles. The highest BCUT2D eigenvalue weighted by atomic mass is 15.1. The lowest BCUT2D eigenvalue weighted by molar-refractivity contribution is 0.816. The molecule has 0 fully saturated rings. The molecule has 0 aliphatic carbocycles. The van der Waals surface area contributed by atoms with Gasteiger partial charge in [0.25, 0.3) is 0 Å². The van der Waals surface area contributed by atoms with Crippen LogP contribution in [0.15, 0.2) is 48.5 Å². The molecule has 0 spiro atoms. The minimum Gasteiger partial charge on any atom is -0.296 e. The molecule has 3 aromatic rings. The molecule has 0 radical (unpaired) electrons. The van der Waals surface area contributed by atoms with E-state index in [0.717, 1.165) is 24.2 Å². The molecule has 0 N–H and O–H groups in total. The van der Waals surface area contributed by atoms with Gasteiger partial charge in [-0.25, -0.2) is 4.98 Å². The van der Waals surface area contributed by atoms with Gasteiger partial charge < -0.3 is 0 Å². The molecule has 0 unspecified atom stereocenters. The number of para-hydroxylation sites is 3. The lowest BCUT2D eigenvalue weighted by Crippen LogP contribution is -2.02. The Bertz CT molecular complexity index is 710. The van der Waals surface area contributed by atoms with Crippen molar-refractivity contribution in [1.29, 1.82) is 0 Å². The molecule has 0 atom stereocenters. The Kier molecular flexibility index (Phi) is 3.08. The van der Waals surface area contributed by atoms with Gasteiger partial charge in [0.05, 0.1) is 16.7 Å². The summed E-state index contributed by atoms with van der Waals surface area (Å²) < 4.78 is 2.30. The van der Waals surface area contributed by atoms with E-state index in [1.54, 1.807) is 0 Å². The fourth-order valence-corrected chi connectivity index (χ4v) is 2.55. The fourth-order valence-electron chi connectivity index (χ4n) is 2.55. The highest BCUT2D eigenvalue weighted by Gasteiger charge is 2.12. The van der Waals surface area contributed by atoms with Crippen LogP contribution in [0.2, 0.25) is 0 Å². The number of hydrogen-bond acceptors (Lipinski definition) is 1. The second-order valence-corrected chi connectivity index (χ2v) is 4.89.